The van der Waals surface area contributed by atoms with Crippen LogP contribution in [0.3, 0.4) is 0 Å². The third-order valence-corrected chi connectivity index (χ3v) is 6.69. The number of nitrogens with zero attached hydrogens (tertiary/aromatic N) is 3. The molecule has 3 aromatic carbocycles. The number of methoxy groups -OCH3 is 1. The van der Waals surface area contributed by atoms with Crippen LogP contribution < -0.4 is 10.1 Å². The van der Waals surface area contributed by atoms with Crippen LogP contribution >= 0.6 is 0 Å². The number of benzene rings is 3. The molecule has 8 heteroatoms. The first-order chi connectivity index (χ1) is 17.4. The van der Waals surface area contributed by atoms with Crippen LogP contribution in [-0.4, -0.2) is 47.1 Å². The second kappa shape index (κ2) is 9.30. The fourth-order valence-corrected chi connectivity index (χ4v) is 4.65. The van der Waals surface area contributed by atoms with Crippen molar-refractivity contribution in [3.05, 3.63) is 102 Å². The maximum Gasteiger partial charge on any atom is 0.325 e. The minimum absolute atomic E-state index is 0.375. The van der Waals surface area contributed by atoms with E-state index in [1.54, 1.807) is 38.3 Å². The van der Waals surface area contributed by atoms with Crippen molar-refractivity contribution < 1.29 is 19.1 Å². The van der Waals surface area contributed by atoms with Crippen molar-refractivity contribution in [2.24, 2.45) is 5.10 Å². The molecule has 1 N–H and O–H groups in total. The van der Waals surface area contributed by atoms with Crippen molar-refractivity contribution in [3.63, 3.8) is 0 Å². The Balaban J connectivity index is 1.42. The second-order valence-electron chi connectivity index (χ2n) is 8.96. The Morgan fingerprint density at radius 2 is 1.64 bits per heavy atom. The molecule has 0 bridgehead atoms. The lowest BCUT2D eigenvalue weighted by Gasteiger charge is -2.25. The molecule has 0 radical (unpaired) electrons. The highest BCUT2D eigenvalue weighted by molar-refractivity contribution is 6.09. The summed E-state index contributed by atoms with van der Waals surface area (Å²) < 4.78 is 5.27. The Morgan fingerprint density at radius 3 is 2.28 bits per heavy atom. The summed E-state index contributed by atoms with van der Waals surface area (Å²) in [5, 5.41) is 8.79. The van der Waals surface area contributed by atoms with E-state index in [0.29, 0.717) is 17.7 Å². The monoisotopic (exact) mass is 482 g/mol. The molecule has 8 nitrogen and oxygen atoms in total. The van der Waals surface area contributed by atoms with Crippen LogP contribution in [-0.2, 0) is 15.1 Å². The quantitative estimate of drug-likeness (QED) is 0.541. The van der Waals surface area contributed by atoms with Crippen LogP contribution in [0.2, 0.25) is 0 Å². The zero-order valence-corrected chi connectivity index (χ0v) is 20.0. The van der Waals surface area contributed by atoms with Gasteiger partial charge in [0.1, 0.15) is 17.8 Å². The predicted molar refractivity (Wildman–Crippen MR) is 134 cm³/mol. The highest BCUT2D eigenvalue weighted by Crippen LogP contribution is 2.34. The van der Waals surface area contributed by atoms with Gasteiger partial charge in [-0.1, -0.05) is 72.8 Å². The Hall–Kier alpha value is -4.46. The number of ether oxygens (including phenoxy) is 1. The van der Waals surface area contributed by atoms with E-state index in [1.165, 1.54) is 5.01 Å². The average molecular weight is 483 g/mol. The zero-order valence-electron chi connectivity index (χ0n) is 20.0. The molecule has 1 fully saturated rings. The van der Waals surface area contributed by atoms with E-state index in [0.717, 1.165) is 21.7 Å². The third-order valence-electron chi connectivity index (χ3n) is 6.69. The lowest BCUT2D eigenvalue weighted by atomic mass is 9.92. The molecule has 2 atom stereocenters. The number of carbonyl (C=O) groups is 3. The summed E-state index contributed by atoms with van der Waals surface area (Å²) in [5.41, 5.74) is 1.97. The zero-order chi connectivity index (χ0) is 25.3. The molecule has 5 rings (SSSR count). The normalized spacial score (nSPS) is 21.4. The Morgan fingerprint density at radius 1 is 1.00 bits per heavy atom. The first-order valence-electron chi connectivity index (χ1n) is 11.7. The first-order valence-corrected chi connectivity index (χ1v) is 11.7. The minimum Gasteiger partial charge on any atom is -0.497 e. The maximum absolute atomic E-state index is 13.5. The largest absolute Gasteiger partial charge is 0.497 e. The first kappa shape index (κ1) is 23.3. The van der Waals surface area contributed by atoms with Crippen LogP contribution in [0.1, 0.15) is 36.1 Å². The summed E-state index contributed by atoms with van der Waals surface area (Å²) in [7, 11) is 1.60. The Kier molecular flexibility index (Phi) is 6.01. The van der Waals surface area contributed by atoms with Gasteiger partial charge in [0.25, 0.3) is 11.8 Å². The van der Waals surface area contributed by atoms with Gasteiger partial charge in [-0.15, -0.1) is 0 Å². The molecular formula is C28H26N4O4. The molecule has 182 valence electrons. The van der Waals surface area contributed by atoms with Crippen LogP contribution in [0.15, 0.2) is 90.0 Å². The summed E-state index contributed by atoms with van der Waals surface area (Å²) in [6, 6.07) is 25.1. The van der Waals surface area contributed by atoms with Gasteiger partial charge in [0.2, 0.25) is 0 Å². The van der Waals surface area contributed by atoms with Crippen molar-refractivity contribution in [3.8, 4) is 5.75 Å². The molecular weight excluding hydrogens is 456 g/mol. The molecule has 3 aromatic rings. The maximum atomic E-state index is 13.5. The van der Waals surface area contributed by atoms with Gasteiger partial charge >= 0.3 is 6.03 Å². The van der Waals surface area contributed by atoms with Crippen molar-refractivity contribution >= 4 is 23.6 Å². The minimum atomic E-state index is -1.24. The Bertz CT molecular complexity index is 1320. The molecule has 0 spiro atoms. The topological polar surface area (TPSA) is 91.3 Å². The van der Waals surface area contributed by atoms with Gasteiger partial charge in [-0.2, -0.15) is 5.10 Å². The van der Waals surface area contributed by atoms with Gasteiger partial charge in [0.15, 0.2) is 0 Å². The number of amides is 4. The van der Waals surface area contributed by atoms with Crippen molar-refractivity contribution in [1.29, 1.82) is 0 Å². The molecule has 0 aromatic heterocycles. The van der Waals surface area contributed by atoms with Crippen molar-refractivity contribution in [2.45, 2.75) is 24.9 Å². The SMILES string of the molecule is COc1ccc(C2CC(c3ccccc3)=NN2C(=O)CN2C(=O)NC(C)(c3ccccc3)C2=O)cc1. The summed E-state index contributed by atoms with van der Waals surface area (Å²) in [5.74, 6) is -0.208. The number of imide groups is 1. The molecule has 0 saturated carbocycles. The van der Waals surface area contributed by atoms with E-state index in [9.17, 15) is 14.4 Å². The van der Waals surface area contributed by atoms with Gasteiger partial charge < -0.3 is 10.1 Å². The molecule has 2 aliphatic heterocycles. The number of nitrogens with one attached hydrogen (secondary N) is 1. The number of carbonyl (C=O) groups excluding carboxylic acids is 3. The molecule has 4 amide bonds. The number of hydrazone groups is 1. The van der Waals surface area contributed by atoms with E-state index in [-0.39, 0.29) is 6.04 Å². The summed E-state index contributed by atoms with van der Waals surface area (Å²) in [4.78, 5) is 40.6. The van der Waals surface area contributed by atoms with Crippen LogP contribution in [0, 0.1) is 0 Å². The summed E-state index contributed by atoms with van der Waals surface area (Å²) in [6.45, 7) is 1.24. The third kappa shape index (κ3) is 4.11. The van der Waals surface area contributed by atoms with Crippen LogP contribution in [0.25, 0.3) is 0 Å². The van der Waals surface area contributed by atoms with Crippen molar-refractivity contribution in [2.75, 3.05) is 13.7 Å². The van der Waals surface area contributed by atoms with E-state index < -0.39 is 29.9 Å². The van der Waals surface area contributed by atoms with Crippen molar-refractivity contribution in [1.82, 2.24) is 15.2 Å². The molecule has 36 heavy (non-hydrogen) atoms. The molecule has 2 aliphatic rings. The van der Waals surface area contributed by atoms with Gasteiger partial charge in [-0.25, -0.2) is 9.80 Å². The molecule has 2 unspecified atom stereocenters. The van der Waals surface area contributed by atoms with Crippen LogP contribution in [0.5, 0.6) is 5.75 Å². The average Bonchev–Trinajstić information content (AvgIpc) is 3.46. The van der Waals surface area contributed by atoms with E-state index in [4.69, 9.17) is 4.74 Å². The summed E-state index contributed by atoms with van der Waals surface area (Å²) in [6.07, 6.45) is 0.504. The second-order valence-corrected chi connectivity index (χ2v) is 8.96. The number of hydrogen-bond donors (Lipinski definition) is 1. The Labute approximate surface area is 209 Å². The summed E-state index contributed by atoms with van der Waals surface area (Å²) >= 11 is 0. The predicted octanol–water partition coefficient (Wildman–Crippen LogP) is 3.84. The molecule has 1 saturated heterocycles. The van der Waals surface area contributed by atoms with Gasteiger partial charge in [-0.05, 0) is 35.7 Å². The number of urea groups is 1. The number of rotatable bonds is 6. The highest BCUT2D eigenvalue weighted by Gasteiger charge is 2.50. The lowest BCUT2D eigenvalue weighted by Crippen LogP contribution is -2.43. The molecule has 0 aliphatic carbocycles. The van der Waals surface area contributed by atoms with E-state index in [2.05, 4.69) is 10.4 Å². The fraction of sp³-hybridized carbons (Fsp3) is 0.214. The number of hydrogen-bond acceptors (Lipinski definition) is 5. The smallest absolute Gasteiger partial charge is 0.325 e. The van der Waals surface area contributed by atoms with E-state index >= 15 is 0 Å². The van der Waals surface area contributed by atoms with Gasteiger partial charge in [-0.3, -0.25) is 14.5 Å². The highest BCUT2D eigenvalue weighted by atomic mass is 16.5. The lowest BCUT2D eigenvalue weighted by molar-refractivity contribution is -0.140. The van der Waals surface area contributed by atoms with Gasteiger partial charge in [0, 0.05) is 6.42 Å². The fourth-order valence-electron chi connectivity index (χ4n) is 4.65. The standard InChI is InChI=1S/C28H26N4O4/c1-28(21-11-7-4-8-12-21)26(34)31(27(35)29-28)18-25(33)32-24(20-13-15-22(36-2)16-14-20)17-23(30-32)19-9-5-3-6-10-19/h3-16,24H,17-18H2,1-2H3,(H,29,35). The van der Waals surface area contributed by atoms with Gasteiger partial charge in [0.05, 0.1) is 18.9 Å². The van der Waals surface area contributed by atoms with Crippen LogP contribution in [0.4, 0.5) is 4.79 Å². The van der Waals surface area contributed by atoms with E-state index in [1.807, 2.05) is 60.7 Å². The molecule has 2 heterocycles.